The molecule has 1 aliphatic carbocycles. The Labute approximate surface area is 120 Å². The van der Waals surface area contributed by atoms with E-state index in [1.54, 1.807) is 6.08 Å². The second-order valence-corrected chi connectivity index (χ2v) is 4.80. The van der Waals surface area contributed by atoms with Gasteiger partial charge in [0.2, 0.25) is 0 Å². The molecule has 1 rings (SSSR count). The summed E-state index contributed by atoms with van der Waals surface area (Å²) in [4.78, 5) is 22.1. The Kier molecular flexibility index (Phi) is 5.14. The fourth-order valence-corrected chi connectivity index (χ4v) is 1.99. The lowest BCUT2D eigenvalue weighted by molar-refractivity contribution is -0.370. The van der Waals surface area contributed by atoms with E-state index in [1.165, 1.54) is 6.08 Å². The van der Waals surface area contributed by atoms with E-state index in [0.29, 0.717) is 6.42 Å². The fourth-order valence-electron chi connectivity index (χ4n) is 1.99. The predicted octanol–water partition coefficient (Wildman–Crippen LogP) is 3.22. The van der Waals surface area contributed by atoms with Crippen LogP contribution < -0.4 is 0 Å². The normalized spacial score (nSPS) is 19.8. The number of rotatable bonds is 4. The van der Waals surface area contributed by atoms with E-state index in [1.807, 2.05) is 0 Å². The third-order valence-electron chi connectivity index (χ3n) is 3.19. The van der Waals surface area contributed by atoms with Crippen molar-refractivity contribution >= 4 is 11.9 Å². The molecule has 0 spiro atoms. The van der Waals surface area contributed by atoms with Crippen LogP contribution in [0.15, 0.2) is 12.2 Å². The molecule has 0 aromatic carbocycles. The Morgan fingerprint density at radius 3 is 2.00 bits per heavy atom. The van der Waals surface area contributed by atoms with Crippen LogP contribution in [-0.4, -0.2) is 35.0 Å². The Morgan fingerprint density at radius 2 is 1.64 bits per heavy atom. The van der Waals surface area contributed by atoms with Crippen LogP contribution in [0.5, 0.6) is 0 Å². The molecule has 0 bridgehead atoms. The highest BCUT2D eigenvalue weighted by atomic mass is 19.4. The van der Waals surface area contributed by atoms with Crippen molar-refractivity contribution in [3.63, 3.8) is 0 Å². The van der Waals surface area contributed by atoms with Crippen molar-refractivity contribution in [3.8, 4) is 0 Å². The van der Waals surface area contributed by atoms with Crippen molar-refractivity contribution in [1.82, 2.24) is 0 Å². The minimum Gasteiger partial charge on any atom is -0.481 e. The van der Waals surface area contributed by atoms with Crippen LogP contribution in [0.3, 0.4) is 0 Å². The molecule has 1 unspecified atom stereocenters. The quantitative estimate of drug-likeness (QED) is 0.487. The minimum atomic E-state index is -6.11. The van der Waals surface area contributed by atoms with E-state index in [4.69, 9.17) is 5.11 Å². The molecule has 4 nitrogen and oxygen atoms in total. The van der Waals surface area contributed by atoms with Crippen molar-refractivity contribution < 1.29 is 45.8 Å². The zero-order valence-corrected chi connectivity index (χ0v) is 11.0. The van der Waals surface area contributed by atoms with E-state index >= 15 is 0 Å². The second kappa shape index (κ2) is 6.17. The van der Waals surface area contributed by atoms with E-state index in [2.05, 4.69) is 4.74 Å². The Bertz CT molecular complexity index is 451. The first kappa shape index (κ1) is 18.3. The molecule has 1 atom stereocenters. The van der Waals surface area contributed by atoms with Crippen molar-refractivity contribution in [3.05, 3.63) is 12.2 Å². The number of hydrogen-bond donors (Lipinski definition) is 1. The zero-order chi connectivity index (χ0) is 17.2. The molecule has 0 saturated carbocycles. The van der Waals surface area contributed by atoms with Crippen LogP contribution in [0.1, 0.15) is 25.7 Å². The van der Waals surface area contributed by atoms with Gasteiger partial charge in [-0.05, 0) is 19.3 Å². The minimum absolute atomic E-state index is 0.0359. The number of aliphatic carboxylic acids is 1. The highest BCUT2D eigenvalue weighted by molar-refractivity contribution is 5.75. The topological polar surface area (TPSA) is 63.6 Å². The van der Waals surface area contributed by atoms with Gasteiger partial charge in [0.25, 0.3) is 0 Å². The van der Waals surface area contributed by atoms with Crippen LogP contribution in [-0.2, 0) is 14.3 Å². The van der Waals surface area contributed by atoms with Crippen molar-refractivity contribution in [1.29, 1.82) is 0 Å². The molecular formula is C12H12F6O4. The summed E-state index contributed by atoms with van der Waals surface area (Å²) in [6.07, 6.45) is -11.3. The zero-order valence-electron chi connectivity index (χ0n) is 11.0. The fraction of sp³-hybridized carbons (Fsp3) is 0.667. The van der Waals surface area contributed by atoms with Gasteiger partial charge in [-0.15, -0.1) is 0 Å². The first-order chi connectivity index (χ1) is 9.91. The third-order valence-corrected chi connectivity index (χ3v) is 3.19. The van der Waals surface area contributed by atoms with Gasteiger partial charge in [0.15, 0.2) is 0 Å². The van der Waals surface area contributed by atoms with E-state index < -0.39 is 42.2 Å². The molecule has 0 radical (unpaired) electrons. The number of allylic oxidation sites excluding steroid dienone is 2. The predicted molar refractivity (Wildman–Crippen MR) is 59.7 cm³/mol. The number of carboxylic acids is 1. The number of carbonyl (C=O) groups is 2. The van der Waals surface area contributed by atoms with Gasteiger partial charge < -0.3 is 9.84 Å². The lowest BCUT2D eigenvalue weighted by Crippen LogP contribution is -2.61. The van der Waals surface area contributed by atoms with Gasteiger partial charge in [0.1, 0.15) is 6.42 Å². The van der Waals surface area contributed by atoms with Crippen LogP contribution in [0.2, 0.25) is 0 Å². The van der Waals surface area contributed by atoms with Gasteiger partial charge in [-0.25, -0.2) is 0 Å². The summed E-state index contributed by atoms with van der Waals surface area (Å²) >= 11 is 0. The van der Waals surface area contributed by atoms with E-state index in [0.717, 1.165) is 0 Å². The molecule has 0 fully saturated rings. The van der Waals surface area contributed by atoms with Crippen molar-refractivity contribution in [2.45, 2.75) is 43.6 Å². The molecule has 0 heterocycles. The first-order valence-corrected chi connectivity index (χ1v) is 6.14. The van der Waals surface area contributed by atoms with Gasteiger partial charge in [-0.3, -0.25) is 9.59 Å². The second-order valence-electron chi connectivity index (χ2n) is 4.80. The molecule has 0 amide bonds. The Balaban J connectivity index is 3.16. The maximum Gasteiger partial charge on any atom is 0.438 e. The van der Waals surface area contributed by atoms with Gasteiger partial charge >= 0.3 is 29.9 Å². The third kappa shape index (κ3) is 3.72. The molecule has 22 heavy (non-hydrogen) atoms. The average molecular weight is 334 g/mol. The lowest BCUT2D eigenvalue weighted by Gasteiger charge is -2.36. The molecule has 10 heteroatoms. The number of carbonyl (C=O) groups excluding carboxylic acids is 1. The largest absolute Gasteiger partial charge is 0.481 e. The number of hydrogen-bond acceptors (Lipinski definition) is 3. The molecule has 0 aliphatic heterocycles. The van der Waals surface area contributed by atoms with E-state index in [-0.39, 0.29) is 12.8 Å². The molecule has 0 aromatic rings. The Hall–Kier alpha value is -1.74. The summed E-state index contributed by atoms with van der Waals surface area (Å²) in [7, 11) is 0. The van der Waals surface area contributed by atoms with Crippen molar-refractivity contribution in [2.24, 2.45) is 5.92 Å². The molecule has 1 N–H and O–H groups in total. The number of alkyl halides is 6. The highest BCUT2D eigenvalue weighted by Crippen LogP contribution is 2.48. The number of halogens is 6. The summed E-state index contributed by atoms with van der Waals surface area (Å²) in [5.74, 6) is -5.26. The maximum absolute atomic E-state index is 12.9. The number of ether oxygens (including phenoxy) is 1. The smallest absolute Gasteiger partial charge is 0.438 e. The summed E-state index contributed by atoms with van der Waals surface area (Å²) in [6, 6.07) is 0. The van der Waals surface area contributed by atoms with Crippen LogP contribution >= 0.6 is 0 Å². The summed E-state index contributed by atoms with van der Waals surface area (Å²) in [5, 5.41) is 8.40. The number of esters is 1. The first-order valence-electron chi connectivity index (χ1n) is 6.14. The summed E-state index contributed by atoms with van der Waals surface area (Å²) in [6.45, 7) is 0. The average Bonchev–Trinajstić information content (AvgIpc) is 2.35. The maximum atomic E-state index is 12.9. The summed E-state index contributed by atoms with van der Waals surface area (Å²) in [5.41, 5.74) is -5.05. The monoisotopic (exact) mass is 334 g/mol. The van der Waals surface area contributed by atoms with Gasteiger partial charge in [0, 0.05) is 0 Å². The highest BCUT2D eigenvalue weighted by Gasteiger charge is 2.75. The molecule has 0 saturated heterocycles. The number of carboxylic acid groups (broad SMARTS) is 1. The molecule has 1 aliphatic rings. The van der Waals surface area contributed by atoms with E-state index in [9.17, 15) is 35.9 Å². The SMILES string of the molecule is O=C(O)CC(OC(=O)C1CC=CCC1)(C(F)(F)F)C(F)(F)F. The van der Waals surface area contributed by atoms with Gasteiger partial charge in [-0.1, -0.05) is 12.2 Å². The van der Waals surface area contributed by atoms with Gasteiger partial charge in [0.05, 0.1) is 5.92 Å². The standard InChI is InChI=1S/C12H12F6O4/c13-11(14,15)10(6-8(19)20,12(16,17)18)22-9(21)7-4-2-1-3-5-7/h1-2,7H,3-6H2,(H,19,20). The molecule has 126 valence electrons. The van der Waals surface area contributed by atoms with Crippen molar-refractivity contribution in [2.75, 3.05) is 0 Å². The van der Waals surface area contributed by atoms with Crippen LogP contribution in [0, 0.1) is 5.92 Å². The lowest BCUT2D eigenvalue weighted by atomic mass is 9.93. The molecular weight excluding hydrogens is 322 g/mol. The van der Waals surface area contributed by atoms with Crippen LogP contribution in [0.25, 0.3) is 0 Å². The van der Waals surface area contributed by atoms with Crippen LogP contribution in [0.4, 0.5) is 26.3 Å². The Morgan fingerprint density at radius 1 is 1.09 bits per heavy atom. The summed E-state index contributed by atoms with van der Waals surface area (Å²) < 4.78 is 81.0. The van der Waals surface area contributed by atoms with Gasteiger partial charge in [-0.2, -0.15) is 26.3 Å². The molecule has 0 aromatic heterocycles.